The summed E-state index contributed by atoms with van der Waals surface area (Å²) in [4.78, 5) is 26.3. The van der Waals surface area contributed by atoms with Gasteiger partial charge in [-0.3, -0.25) is 9.59 Å². The topological polar surface area (TPSA) is 84.2 Å². The third-order valence-electron chi connectivity index (χ3n) is 2.58. The molecular weight excluding hydrogens is 246 g/mol. The molecule has 0 aliphatic rings. The molecule has 0 fully saturated rings. The van der Waals surface area contributed by atoms with Gasteiger partial charge in [-0.15, -0.1) is 0 Å². The summed E-state index contributed by atoms with van der Waals surface area (Å²) in [5, 5.41) is 5.34. The van der Waals surface area contributed by atoms with Gasteiger partial charge in [-0.05, 0) is 17.7 Å². The van der Waals surface area contributed by atoms with Gasteiger partial charge in [-0.2, -0.15) is 0 Å². The number of carbonyl (C=O) groups excluding carboxylic acids is 2. The first kappa shape index (κ1) is 13.1. The molecule has 0 saturated carbocycles. The van der Waals surface area contributed by atoms with Crippen molar-refractivity contribution >= 4 is 22.9 Å². The van der Waals surface area contributed by atoms with Crippen LogP contribution in [0.2, 0.25) is 0 Å². The highest BCUT2D eigenvalue weighted by Crippen LogP contribution is 2.14. The Labute approximate surface area is 110 Å². The zero-order valence-corrected chi connectivity index (χ0v) is 10.6. The molecule has 19 heavy (non-hydrogen) atoms. The Balaban J connectivity index is 1.82. The van der Waals surface area contributed by atoms with E-state index in [0.717, 1.165) is 11.1 Å². The summed E-state index contributed by atoms with van der Waals surface area (Å²) in [7, 11) is 0. The number of amides is 2. The fraction of sp³-hybridized carbons (Fsp3) is 0.308. The monoisotopic (exact) mass is 261 g/mol. The van der Waals surface area contributed by atoms with Gasteiger partial charge in [0.05, 0.1) is 6.42 Å². The standard InChI is InChI=1S/C13H15N3O3/c1-9(17)14-4-5-15-13(18)7-10-2-3-11-12(6-10)19-8-16-11/h2-3,6,8H,4-5,7H2,1H3,(H,14,17)(H,15,18). The van der Waals surface area contributed by atoms with Crippen LogP contribution in [-0.2, 0) is 16.0 Å². The highest BCUT2D eigenvalue weighted by atomic mass is 16.3. The van der Waals surface area contributed by atoms with Crippen LogP contribution in [0, 0.1) is 0 Å². The van der Waals surface area contributed by atoms with Crippen molar-refractivity contribution in [2.75, 3.05) is 13.1 Å². The normalized spacial score (nSPS) is 10.4. The van der Waals surface area contributed by atoms with Crippen molar-refractivity contribution in [3.63, 3.8) is 0 Å². The Morgan fingerprint density at radius 2 is 2.05 bits per heavy atom. The molecule has 100 valence electrons. The Morgan fingerprint density at radius 1 is 1.26 bits per heavy atom. The molecule has 0 atom stereocenters. The number of fused-ring (bicyclic) bond motifs is 1. The van der Waals surface area contributed by atoms with Crippen molar-refractivity contribution in [1.82, 2.24) is 15.6 Å². The lowest BCUT2D eigenvalue weighted by Gasteiger charge is -2.05. The van der Waals surface area contributed by atoms with Crippen LogP contribution in [0.25, 0.3) is 11.1 Å². The van der Waals surface area contributed by atoms with E-state index >= 15 is 0 Å². The third kappa shape index (κ3) is 3.80. The average molecular weight is 261 g/mol. The van der Waals surface area contributed by atoms with Crippen LogP contribution >= 0.6 is 0 Å². The highest BCUT2D eigenvalue weighted by Gasteiger charge is 2.05. The SMILES string of the molecule is CC(=O)NCCNC(=O)Cc1ccc2ncoc2c1. The molecule has 1 aromatic carbocycles. The molecule has 0 bridgehead atoms. The molecular formula is C13H15N3O3. The summed E-state index contributed by atoms with van der Waals surface area (Å²) >= 11 is 0. The number of hydrogen-bond donors (Lipinski definition) is 2. The van der Waals surface area contributed by atoms with Gasteiger partial charge in [0.1, 0.15) is 5.52 Å². The van der Waals surface area contributed by atoms with E-state index < -0.39 is 0 Å². The van der Waals surface area contributed by atoms with Crippen LogP contribution in [0.3, 0.4) is 0 Å². The van der Waals surface area contributed by atoms with Crippen molar-refractivity contribution < 1.29 is 14.0 Å². The van der Waals surface area contributed by atoms with Gasteiger partial charge < -0.3 is 15.1 Å². The molecule has 0 spiro atoms. The van der Waals surface area contributed by atoms with Crippen LogP contribution in [0.1, 0.15) is 12.5 Å². The minimum absolute atomic E-state index is 0.0933. The summed E-state index contributed by atoms with van der Waals surface area (Å²) in [5.41, 5.74) is 2.31. The molecule has 2 amide bonds. The Kier molecular flexibility index (Phi) is 4.12. The minimum Gasteiger partial charge on any atom is -0.443 e. The fourth-order valence-electron chi connectivity index (χ4n) is 1.70. The van der Waals surface area contributed by atoms with Crippen LogP contribution in [0.4, 0.5) is 0 Å². The molecule has 6 heteroatoms. The predicted molar refractivity (Wildman–Crippen MR) is 69.4 cm³/mol. The molecule has 2 N–H and O–H groups in total. The van der Waals surface area contributed by atoms with Crippen molar-refractivity contribution in [2.45, 2.75) is 13.3 Å². The molecule has 0 saturated heterocycles. The molecule has 0 radical (unpaired) electrons. The first-order chi connectivity index (χ1) is 9.15. The van der Waals surface area contributed by atoms with Crippen molar-refractivity contribution in [1.29, 1.82) is 0 Å². The number of oxazole rings is 1. The summed E-state index contributed by atoms with van der Waals surface area (Å²) in [6, 6.07) is 5.47. The van der Waals surface area contributed by atoms with Gasteiger partial charge in [-0.25, -0.2) is 4.98 Å². The average Bonchev–Trinajstić information content (AvgIpc) is 2.82. The first-order valence-corrected chi connectivity index (χ1v) is 5.98. The van der Waals surface area contributed by atoms with E-state index in [0.29, 0.717) is 18.7 Å². The molecule has 6 nitrogen and oxygen atoms in total. The molecule has 1 aromatic heterocycles. The molecule has 0 aliphatic heterocycles. The number of nitrogens with zero attached hydrogens (tertiary/aromatic N) is 1. The minimum atomic E-state index is -0.106. The maximum Gasteiger partial charge on any atom is 0.224 e. The van der Waals surface area contributed by atoms with E-state index in [2.05, 4.69) is 15.6 Å². The van der Waals surface area contributed by atoms with Crippen molar-refractivity contribution in [3.8, 4) is 0 Å². The van der Waals surface area contributed by atoms with E-state index in [1.807, 2.05) is 12.1 Å². The molecule has 0 unspecified atom stereocenters. The lowest BCUT2D eigenvalue weighted by molar-refractivity contribution is -0.121. The van der Waals surface area contributed by atoms with E-state index in [1.165, 1.54) is 13.3 Å². The Bertz CT molecular complexity index is 592. The second-order valence-corrected chi connectivity index (χ2v) is 4.16. The van der Waals surface area contributed by atoms with Gasteiger partial charge in [0.25, 0.3) is 0 Å². The summed E-state index contributed by atoms with van der Waals surface area (Å²) < 4.78 is 5.17. The zero-order chi connectivity index (χ0) is 13.7. The smallest absolute Gasteiger partial charge is 0.224 e. The summed E-state index contributed by atoms with van der Waals surface area (Å²) in [6.07, 6.45) is 1.65. The second-order valence-electron chi connectivity index (χ2n) is 4.16. The van der Waals surface area contributed by atoms with Crippen LogP contribution in [0.5, 0.6) is 0 Å². The molecule has 1 heterocycles. The molecule has 2 rings (SSSR count). The lowest BCUT2D eigenvalue weighted by atomic mass is 10.1. The highest BCUT2D eigenvalue weighted by molar-refractivity contribution is 5.81. The van der Waals surface area contributed by atoms with Crippen LogP contribution in [0.15, 0.2) is 29.0 Å². The van der Waals surface area contributed by atoms with E-state index in [9.17, 15) is 9.59 Å². The lowest BCUT2D eigenvalue weighted by Crippen LogP contribution is -2.34. The number of rotatable bonds is 5. The zero-order valence-electron chi connectivity index (χ0n) is 10.6. The van der Waals surface area contributed by atoms with Gasteiger partial charge in [0, 0.05) is 20.0 Å². The number of carbonyl (C=O) groups is 2. The molecule has 0 aliphatic carbocycles. The van der Waals surface area contributed by atoms with E-state index in [1.54, 1.807) is 6.07 Å². The number of aromatic nitrogens is 1. The van der Waals surface area contributed by atoms with Gasteiger partial charge in [0.2, 0.25) is 11.8 Å². The molecule has 2 aromatic rings. The number of nitrogens with one attached hydrogen (secondary N) is 2. The third-order valence-corrected chi connectivity index (χ3v) is 2.58. The van der Waals surface area contributed by atoms with Gasteiger partial charge in [0.15, 0.2) is 12.0 Å². The van der Waals surface area contributed by atoms with Gasteiger partial charge in [-0.1, -0.05) is 6.07 Å². The fourth-order valence-corrected chi connectivity index (χ4v) is 1.70. The number of benzene rings is 1. The second kappa shape index (κ2) is 5.99. The Morgan fingerprint density at radius 3 is 2.84 bits per heavy atom. The quantitative estimate of drug-likeness (QED) is 0.773. The number of hydrogen-bond acceptors (Lipinski definition) is 4. The first-order valence-electron chi connectivity index (χ1n) is 5.98. The van der Waals surface area contributed by atoms with E-state index in [-0.39, 0.29) is 18.2 Å². The van der Waals surface area contributed by atoms with E-state index in [4.69, 9.17) is 4.42 Å². The summed E-state index contributed by atoms with van der Waals surface area (Å²) in [5.74, 6) is -0.200. The van der Waals surface area contributed by atoms with Gasteiger partial charge >= 0.3 is 0 Å². The predicted octanol–water partition coefficient (Wildman–Crippen LogP) is 0.623. The van der Waals surface area contributed by atoms with Crippen molar-refractivity contribution in [2.24, 2.45) is 0 Å². The maximum atomic E-state index is 11.7. The Hall–Kier alpha value is -2.37. The van der Waals surface area contributed by atoms with Crippen LogP contribution in [-0.4, -0.2) is 29.9 Å². The maximum absolute atomic E-state index is 11.7. The summed E-state index contributed by atoms with van der Waals surface area (Å²) in [6.45, 7) is 2.29. The largest absolute Gasteiger partial charge is 0.443 e. The van der Waals surface area contributed by atoms with Crippen molar-refractivity contribution in [3.05, 3.63) is 30.2 Å². The van der Waals surface area contributed by atoms with Crippen LogP contribution < -0.4 is 10.6 Å².